The number of amides is 1. The van der Waals surface area contributed by atoms with Gasteiger partial charge in [-0.2, -0.15) is 0 Å². The summed E-state index contributed by atoms with van der Waals surface area (Å²) in [6, 6.07) is 7.58. The molecule has 1 amide bonds. The molecule has 1 aliphatic heterocycles. The smallest absolute Gasteiger partial charge is 0.251 e. The number of hydrogen-bond acceptors (Lipinski definition) is 2. The van der Waals surface area contributed by atoms with Gasteiger partial charge in [-0.3, -0.25) is 4.79 Å². The lowest BCUT2D eigenvalue weighted by Crippen LogP contribution is -2.36. The summed E-state index contributed by atoms with van der Waals surface area (Å²) < 4.78 is 0.959. The van der Waals surface area contributed by atoms with E-state index >= 15 is 0 Å². The number of halogens is 1. The minimum absolute atomic E-state index is 0.0189. The van der Waals surface area contributed by atoms with E-state index in [9.17, 15) is 4.79 Å². The molecule has 2 rings (SSSR count). The third kappa shape index (κ3) is 2.51. The van der Waals surface area contributed by atoms with Crippen molar-refractivity contribution in [1.82, 2.24) is 5.32 Å². The van der Waals surface area contributed by atoms with Gasteiger partial charge < -0.3 is 10.6 Å². The Balaban J connectivity index is 2.07. The first-order valence-electron chi connectivity index (χ1n) is 5.13. The molecule has 0 radical (unpaired) electrons. The molecule has 0 saturated carbocycles. The van der Waals surface area contributed by atoms with E-state index in [0.29, 0.717) is 0 Å². The normalized spacial score (nSPS) is 14.2. The highest BCUT2D eigenvalue weighted by molar-refractivity contribution is 9.10. The summed E-state index contributed by atoms with van der Waals surface area (Å²) >= 11 is 3.37. The Morgan fingerprint density at radius 3 is 2.75 bits per heavy atom. The fourth-order valence-electron chi connectivity index (χ4n) is 1.47. The molecule has 1 aliphatic rings. The van der Waals surface area contributed by atoms with Crippen LogP contribution in [0.2, 0.25) is 0 Å². The highest BCUT2D eigenvalue weighted by Crippen LogP contribution is 2.17. The van der Waals surface area contributed by atoms with Gasteiger partial charge in [0.2, 0.25) is 0 Å². The largest absolute Gasteiger partial charge is 0.322 e. The number of nitrogens with one attached hydrogen (secondary N) is 2. The molecule has 0 bridgehead atoms. The molecule has 4 heteroatoms. The van der Waals surface area contributed by atoms with E-state index < -0.39 is 0 Å². The SMILES string of the molecule is CC(C(=O)Nc1cccc(Br)c1)=C1CNC1. The van der Waals surface area contributed by atoms with E-state index in [1.165, 1.54) is 5.57 Å². The van der Waals surface area contributed by atoms with Crippen LogP contribution in [-0.4, -0.2) is 19.0 Å². The lowest BCUT2D eigenvalue weighted by Gasteiger charge is -2.21. The molecule has 0 aromatic heterocycles. The maximum absolute atomic E-state index is 11.8. The number of carbonyl (C=O) groups is 1. The predicted octanol–water partition coefficient (Wildman–Crippen LogP) is 2.31. The van der Waals surface area contributed by atoms with E-state index in [2.05, 4.69) is 26.6 Å². The van der Waals surface area contributed by atoms with Gasteiger partial charge in [0, 0.05) is 28.8 Å². The van der Waals surface area contributed by atoms with Crippen molar-refractivity contribution in [1.29, 1.82) is 0 Å². The Labute approximate surface area is 103 Å². The monoisotopic (exact) mass is 280 g/mol. The second-order valence-electron chi connectivity index (χ2n) is 3.80. The first-order valence-corrected chi connectivity index (χ1v) is 5.92. The van der Waals surface area contributed by atoms with Crippen LogP contribution in [-0.2, 0) is 4.79 Å². The zero-order chi connectivity index (χ0) is 11.5. The van der Waals surface area contributed by atoms with Gasteiger partial charge in [-0.25, -0.2) is 0 Å². The number of anilines is 1. The van der Waals surface area contributed by atoms with Gasteiger partial charge in [0.25, 0.3) is 5.91 Å². The molecule has 1 saturated heterocycles. The first kappa shape index (κ1) is 11.4. The van der Waals surface area contributed by atoms with Crippen LogP contribution in [0.1, 0.15) is 6.92 Å². The third-order valence-corrected chi connectivity index (χ3v) is 3.12. The highest BCUT2D eigenvalue weighted by Gasteiger charge is 2.15. The summed E-state index contributed by atoms with van der Waals surface area (Å²) in [5.41, 5.74) is 2.82. The van der Waals surface area contributed by atoms with Crippen molar-refractivity contribution in [3.8, 4) is 0 Å². The highest BCUT2D eigenvalue weighted by atomic mass is 79.9. The summed E-state index contributed by atoms with van der Waals surface area (Å²) in [5.74, 6) is -0.0189. The van der Waals surface area contributed by atoms with E-state index in [4.69, 9.17) is 0 Å². The quantitative estimate of drug-likeness (QED) is 0.817. The minimum atomic E-state index is -0.0189. The van der Waals surface area contributed by atoms with Gasteiger partial charge >= 0.3 is 0 Å². The van der Waals surface area contributed by atoms with Gasteiger partial charge in [-0.05, 0) is 30.7 Å². The third-order valence-electron chi connectivity index (χ3n) is 2.63. The summed E-state index contributed by atoms with van der Waals surface area (Å²) in [4.78, 5) is 11.8. The fourth-order valence-corrected chi connectivity index (χ4v) is 1.87. The molecular formula is C12H13BrN2O. The Bertz CT molecular complexity index is 448. The van der Waals surface area contributed by atoms with Crippen LogP contribution in [0.15, 0.2) is 39.9 Å². The van der Waals surface area contributed by atoms with E-state index in [1.807, 2.05) is 31.2 Å². The minimum Gasteiger partial charge on any atom is -0.322 e. The van der Waals surface area contributed by atoms with Gasteiger partial charge in [0.1, 0.15) is 0 Å². The number of benzene rings is 1. The second kappa shape index (κ2) is 4.80. The van der Waals surface area contributed by atoms with E-state index in [-0.39, 0.29) is 5.91 Å². The topological polar surface area (TPSA) is 41.1 Å². The van der Waals surface area contributed by atoms with Gasteiger partial charge in [0.05, 0.1) is 0 Å². The van der Waals surface area contributed by atoms with Crippen molar-refractivity contribution >= 4 is 27.5 Å². The van der Waals surface area contributed by atoms with Crippen LogP contribution in [0.5, 0.6) is 0 Å². The molecule has 1 heterocycles. The van der Waals surface area contributed by atoms with Crippen LogP contribution in [0.4, 0.5) is 5.69 Å². The van der Waals surface area contributed by atoms with Gasteiger partial charge in [-0.15, -0.1) is 0 Å². The maximum atomic E-state index is 11.8. The Hall–Kier alpha value is -1.13. The predicted molar refractivity (Wildman–Crippen MR) is 68.3 cm³/mol. The molecule has 0 atom stereocenters. The van der Waals surface area contributed by atoms with Crippen LogP contribution >= 0.6 is 15.9 Å². The van der Waals surface area contributed by atoms with Crippen LogP contribution < -0.4 is 10.6 Å². The molecule has 16 heavy (non-hydrogen) atoms. The molecule has 1 aromatic carbocycles. The second-order valence-corrected chi connectivity index (χ2v) is 4.71. The van der Waals surface area contributed by atoms with Crippen molar-refractivity contribution in [2.75, 3.05) is 18.4 Å². The molecule has 3 nitrogen and oxygen atoms in total. The summed E-state index contributed by atoms with van der Waals surface area (Å²) in [5, 5.41) is 6.00. The average molecular weight is 281 g/mol. The molecule has 84 valence electrons. The summed E-state index contributed by atoms with van der Waals surface area (Å²) in [6.45, 7) is 3.53. The van der Waals surface area contributed by atoms with Crippen LogP contribution in [0.25, 0.3) is 0 Å². The zero-order valence-corrected chi connectivity index (χ0v) is 10.6. The number of carbonyl (C=O) groups excluding carboxylic acids is 1. The van der Waals surface area contributed by atoms with Gasteiger partial charge in [-0.1, -0.05) is 22.0 Å². The van der Waals surface area contributed by atoms with Crippen molar-refractivity contribution in [2.45, 2.75) is 6.92 Å². The van der Waals surface area contributed by atoms with Crippen LogP contribution in [0.3, 0.4) is 0 Å². The molecule has 1 aromatic rings. The fraction of sp³-hybridized carbons (Fsp3) is 0.250. The Morgan fingerprint density at radius 2 is 2.19 bits per heavy atom. The summed E-state index contributed by atoms with van der Waals surface area (Å²) in [6.07, 6.45) is 0. The van der Waals surface area contributed by atoms with E-state index in [0.717, 1.165) is 28.8 Å². The van der Waals surface area contributed by atoms with Crippen molar-refractivity contribution in [2.24, 2.45) is 0 Å². The Kier molecular flexibility index (Phi) is 3.41. The van der Waals surface area contributed by atoms with Crippen LogP contribution in [0, 0.1) is 0 Å². The molecule has 0 aliphatic carbocycles. The molecule has 2 N–H and O–H groups in total. The molecule has 0 unspecified atom stereocenters. The number of rotatable bonds is 2. The van der Waals surface area contributed by atoms with Crippen molar-refractivity contribution in [3.63, 3.8) is 0 Å². The maximum Gasteiger partial charge on any atom is 0.251 e. The number of hydrogen-bond donors (Lipinski definition) is 2. The van der Waals surface area contributed by atoms with Crippen molar-refractivity contribution in [3.05, 3.63) is 39.9 Å². The van der Waals surface area contributed by atoms with E-state index in [1.54, 1.807) is 0 Å². The Morgan fingerprint density at radius 1 is 1.44 bits per heavy atom. The van der Waals surface area contributed by atoms with Crippen molar-refractivity contribution < 1.29 is 4.79 Å². The zero-order valence-electron chi connectivity index (χ0n) is 9.01. The standard InChI is InChI=1S/C12H13BrN2O/c1-8(9-6-14-7-9)12(16)15-11-4-2-3-10(13)5-11/h2-5,14H,6-7H2,1H3,(H,15,16). The molecule has 0 spiro atoms. The molecular weight excluding hydrogens is 268 g/mol. The first-order chi connectivity index (χ1) is 7.66. The molecule has 1 fully saturated rings. The summed E-state index contributed by atoms with van der Waals surface area (Å²) in [7, 11) is 0. The average Bonchev–Trinajstić information content (AvgIpc) is 2.14. The van der Waals surface area contributed by atoms with Gasteiger partial charge in [0.15, 0.2) is 0 Å². The lowest BCUT2D eigenvalue weighted by atomic mass is 10.0. The lowest BCUT2D eigenvalue weighted by molar-refractivity contribution is -0.112.